The van der Waals surface area contributed by atoms with Crippen LogP contribution in [0.5, 0.6) is 0 Å². The third-order valence-corrected chi connectivity index (χ3v) is 5.77. The summed E-state index contributed by atoms with van der Waals surface area (Å²) in [7, 11) is 0. The summed E-state index contributed by atoms with van der Waals surface area (Å²) in [4.78, 5) is 11.6. The monoisotopic (exact) mass is 438 g/mol. The van der Waals surface area contributed by atoms with Gasteiger partial charge in [0.25, 0.3) is 0 Å². The van der Waals surface area contributed by atoms with Gasteiger partial charge < -0.3 is 9.47 Å². The molecule has 0 rings (SSSR count). The van der Waals surface area contributed by atoms with Crippen LogP contribution in [0.25, 0.3) is 0 Å². The second-order valence-corrected chi connectivity index (χ2v) is 9.48. The topological polar surface area (TPSA) is 35.5 Å². The molecule has 184 valence electrons. The maximum atomic E-state index is 11.6. The number of ether oxygens (including phenoxy) is 2. The first-order valence-corrected chi connectivity index (χ1v) is 13.6. The fraction of sp³-hybridized carbons (Fsp3) is 0.893. The molecule has 0 aromatic heterocycles. The lowest BCUT2D eigenvalue weighted by Gasteiger charge is -2.07. The van der Waals surface area contributed by atoms with Crippen LogP contribution in [0.2, 0.25) is 0 Å². The summed E-state index contributed by atoms with van der Waals surface area (Å²) < 4.78 is 10.3. The average Bonchev–Trinajstić information content (AvgIpc) is 2.75. The van der Waals surface area contributed by atoms with Gasteiger partial charge in [-0.1, -0.05) is 123 Å². The summed E-state index contributed by atoms with van der Waals surface area (Å²) in [6, 6.07) is 0. The van der Waals surface area contributed by atoms with Crippen molar-refractivity contribution in [1.29, 1.82) is 0 Å². The van der Waals surface area contributed by atoms with Crippen LogP contribution in [-0.2, 0) is 9.47 Å². The van der Waals surface area contributed by atoms with Gasteiger partial charge in [0.05, 0.1) is 13.2 Å². The lowest BCUT2D eigenvalue weighted by atomic mass is 10.0. The van der Waals surface area contributed by atoms with Gasteiger partial charge >= 0.3 is 6.16 Å². The van der Waals surface area contributed by atoms with E-state index in [1.165, 1.54) is 96.3 Å². The van der Waals surface area contributed by atoms with Crippen LogP contribution in [0.15, 0.2) is 12.2 Å². The van der Waals surface area contributed by atoms with Gasteiger partial charge in [-0.25, -0.2) is 4.79 Å². The molecule has 0 saturated carbocycles. The van der Waals surface area contributed by atoms with E-state index in [0.717, 1.165) is 31.6 Å². The predicted molar refractivity (Wildman–Crippen MR) is 135 cm³/mol. The van der Waals surface area contributed by atoms with Crippen LogP contribution in [0.3, 0.4) is 0 Å². The summed E-state index contributed by atoms with van der Waals surface area (Å²) >= 11 is 0. The van der Waals surface area contributed by atoms with Crippen LogP contribution < -0.4 is 0 Å². The quantitative estimate of drug-likeness (QED) is 0.0904. The molecule has 0 aliphatic rings. The van der Waals surface area contributed by atoms with Crippen molar-refractivity contribution in [1.82, 2.24) is 0 Å². The molecule has 0 aliphatic carbocycles. The Labute approximate surface area is 194 Å². The van der Waals surface area contributed by atoms with Crippen molar-refractivity contribution in [2.45, 2.75) is 143 Å². The molecular weight excluding hydrogens is 384 g/mol. The number of allylic oxidation sites excluding steroid dienone is 2. The molecule has 0 heterocycles. The van der Waals surface area contributed by atoms with Gasteiger partial charge in [0.2, 0.25) is 0 Å². The van der Waals surface area contributed by atoms with E-state index in [4.69, 9.17) is 9.47 Å². The zero-order valence-corrected chi connectivity index (χ0v) is 21.3. The highest BCUT2D eigenvalue weighted by molar-refractivity contribution is 5.59. The molecular formula is C28H54O3. The summed E-state index contributed by atoms with van der Waals surface area (Å²) in [5, 5.41) is 0. The van der Waals surface area contributed by atoms with Crippen molar-refractivity contribution in [3.63, 3.8) is 0 Å². The summed E-state index contributed by atoms with van der Waals surface area (Å²) in [5.74, 6) is 0.842. The third kappa shape index (κ3) is 27.0. The van der Waals surface area contributed by atoms with Crippen LogP contribution in [0.4, 0.5) is 4.79 Å². The molecule has 3 nitrogen and oxygen atoms in total. The zero-order chi connectivity index (χ0) is 22.8. The first-order valence-electron chi connectivity index (χ1n) is 13.6. The van der Waals surface area contributed by atoms with Crippen molar-refractivity contribution in [2.75, 3.05) is 13.2 Å². The highest BCUT2D eigenvalue weighted by Crippen LogP contribution is 2.13. The van der Waals surface area contributed by atoms with Gasteiger partial charge in [-0.2, -0.15) is 0 Å². The van der Waals surface area contributed by atoms with Crippen molar-refractivity contribution in [3.8, 4) is 0 Å². The minimum absolute atomic E-state index is 0.486. The van der Waals surface area contributed by atoms with Crippen molar-refractivity contribution < 1.29 is 14.3 Å². The first-order chi connectivity index (χ1) is 15.2. The van der Waals surface area contributed by atoms with E-state index in [1.807, 2.05) is 0 Å². The first kappa shape index (κ1) is 30.0. The summed E-state index contributed by atoms with van der Waals surface area (Å²) in [6.45, 7) is 7.84. The molecule has 0 N–H and O–H groups in total. The molecule has 31 heavy (non-hydrogen) atoms. The molecule has 0 unspecified atom stereocenters. The van der Waals surface area contributed by atoms with E-state index in [1.54, 1.807) is 0 Å². The van der Waals surface area contributed by atoms with E-state index in [-0.39, 0.29) is 0 Å². The lowest BCUT2D eigenvalue weighted by Crippen LogP contribution is -2.09. The molecule has 0 fully saturated rings. The van der Waals surface area contributed by atoms with Crippen molar-refractivity contribution in [2.24, 2.45) is 5.92 Å². The van der Waals surface area contributed by atoms with Gasteiger partial charge in [-0.15, -0.1) is 0 Å². The third-order valence-electron chi connectivity index (χ3n) is 5.77. The molecule has 0 aliphatic heterocycles. The van der Waals surface area contributed by atoms with Gasteiger partial charge in [0.1, 0.15) is 0 Å². The molecule has 0 atom stereocenters. The SMILES string of the molecule is CCCC/C=C\CCCCCCCCOC(=O)OCCCCCCCCCCC(C)C. The number of carbonyl (C=O) groups is 1. The summed E-state index contributed by atoms with van der Waals surface area (Å²) in [5.41, 5.74) is 0. The Morgan fingerprint density at radius 3 is 1.52 bits per heavy atom. The van der Waals surface area contributed by atoms with E-state index < -0.39 is 6.16 Å². The van der Waals surface area contributed by atoms with Gasteiger partial charge in [-0.3, -0.25) is 0 Å². The van der Waals surface area contributed by atoms with Crippen molar-refractivity contribution in [3.05, 3.63) is 12.2 Å². The Bertz CT molecular complexity index is 390. The maximum absolute atomic E-state index is 11.6. The fourth-order valence-electron chi connectivity index (χ4n) is 3.70. The Morgan fingerprint density at radius 1 is 0.613 bits per heavy atom. The second-order valence-electron chi connectivity index (χ2n) is 9.48. The van der Waals surface area contributed by atoms with E-state index in [0.29, 0.717) is 13.2 Å². The minimum Gasteiger partial charge on any atom is -0.434 e. The standard InChI is InChI=1S/C28H54O3/c1-4-5-6-7-8-9-10-11-13-16-19-22-25-30-28(29)31-26-23-20-17-14-12-15-18-21-24-27(2)3/h7-8,27H,4-6,9-26H2,1-3H3/b8-7-. The highest BCUT2D eigenvalue weighted by atomic mass is 16.7. The van der Waals surface area contributed by atoms with Crippen LogP contribution in [0, 0.1) is 5.92 Å². The molecule has 0 aromatic rings. The molecule has 0 aromatic carbocycles. The van der Waals surface area contributed by atoms with Gasteiger partial charge in [-0.05, 0) is 38.0 Å². The molecule has 0 amide bonds. The average molecular weight is 439 g/mol. The molecule has 0 saturated heterocycles. The second kappa shape index (κ2) is 25.3. The van der Waals surface area contributed by atoms with Crippen LogP contribution >= 0.6 is 0 Å². The number of unbranched alkanes of at least 4 members (excludes halogenated alkanes) is 15. The minimum atomic E-state index is -0.486. The Hall–Kier alpha value is -0.990. The highest BCUT2D eigenvalue weighted by Gasteiger charge is 2.03. The zero-order valence-electron chi connectivity index (χ0n) is 21.3. The van der Waals surface area contributed by atoms with Gasteiger partial charge in [0.15, 0.2) is 0 Å². The Kier molecular flexibility index (Phi) is 24.5. The van der Waals surface area contributed by atoms with Crippen molar-refractivity contribution >= 4 is 6.16 Å². The van der Waals surface area contributed by atoms with E-state index >= 15 is 0 Å². The van der Waals surface area contributed by atoms with E-state index in [9.17, 15) is 4.79 Å². The normalized spacial score (nSPS) is 11.5. The smallest absolute Gasteiger partial charge is 0.434 e. The number of carbonyl (C=O) groups excluding carboxylic acids is 1. The number of rotatable bonds is 23. The molecule has 0 spiro atoms. The summed E-state index contributed by atoms with van der Waals surface area (Å²) in [6.07, 6.45) is 27.9. The van der Waals surface area contributed by atoms with Crippen LogP contribution in [0.1, 0.15) is 143 Å². The van der Waals surface area contributed by atoms with Crippen LogP contribution in [-0.4, -0.2) is 19.4 Å². The molecule has 0 bridgehead atoms. The lowest BCUT2D eigenvalue weighted by molar-refractivity contribution is 0.0529. The number of hydrogen-bond acceptors (Lipinski definition) is 3. The Balaban J connectivity index is 3.19. The van der Waals surface area contributed by atoms with E-state index in [2.05, 4.69) is 32.9 Å². The molecule has 3 heteroatoms. The molecule has 0 radical (unpaired) electrons. The maximum Gasteiger partial charge on any atom is 0.508 e. The fourth-order valence-corrected chi connectivity index (χ4v) is 3.70. The predicted octanol–water partition coefficient (Wildman–Crippen LogP) is 9.78. The largest absolute Gasteiger partial charge is 0.508 e. The number of hydrogen-bond donors (Lipinski definition) is 0. The Morgan fingerprint density at radius 2 is 1.03 bits per heavy atom. The van der Waals surface area contributed by atoms with Gasteiger partial charge in [0, 0.05) is 0 Å².